The number of nitrogens with one attached hydrogen (secondary N) is 1. The highest BCUT2D eigenvalue weighted by atomic mass is 19.1. The standard InChI is InChI=1S/C14H16FN3/c1-4-16-14-10(3)13(17-8-18-14)11-5-9(2)6-12(15)7-11/h5-8H,4H2,1-3H3,(H,16,17,18). The molecule has 0 bridgehead atoms. The molecule has 1 N–H and O–H groups in total. The van der Waals surface area contributed by atoms with Crippen molar-refractivity contribution in [1.82, 2.24) is 9.97 Å². The fourth-order valence-corrected chi connectivity index (χ4v) is 1.96. The summed E-state index contributed by atoms with van der Waals surface area (Å²) in [6, 6.07) is 4.93. The average molecular weight is 245 g/mol. The highest BCUT2D eigenvalue weighted by Crippen LogP contribution is 2.26. The van der Waals surface area contributed by atoms with Crippen LogP contribution in [0.2, 0.25) is 0 Å². The molecule has 0 fully saturated rings. The van der Waals surface area contributed by atoms with Crippen molar-refractivity contribution in [2.45, 2.75) is 20.8 Å². The van der Waals surface area contributed by atoms with E-state index in [1.54, 1.807) is 0 Å². The van der Waals surface area contributed by atoms with Crippen molar-refractivity contribution >= 4 is 5.82 Å². The first kappa shape index (κ1) is 12.5. The molecule has 0 atom stereocenters. The first-order chi connectivity index (χ1) is 8.61. The number of hydrogen-bond donors (Lipinski definition) is 1. The van der Waals surface area contributed by atoms with Gasteiger partial charge in [-0.15, -0.1) is 0 Å². The minimum atomic E-state index is -0.243. The zero-order chi connectivity index (χ0) is 13.1. The summed E-state index contributed by atoms with van der Waals surface area (Å²) in [5, 5.41) is 3.17. The van der Waals surface area contributed by atoms with E-state index in [9.17, 15) is 4.39 Å². The quantitative estimate of drug-likeness (QED) is 0.901. The van der Waals surface area contributed by atoms with Crippen LogP contribution >= 0.6 is 0 Å². The van der Waals surface area contributed by atoms with Crippen molar-refractivity contribution in [3.8, 4) is 11.3 Å². The molecule has 3 nitrogen and oxygen atoms in total. The lowest BCUT2D eigenvalue weighted by atomic mass is 10.0. The van der Waals surface area contributed by atoms with Crippen molar-refractivity contribution in [2.75, 3.05) is 11.9 Å². The Kier molecular flexibility index (Phi) is 3.55. The van der Waals surface area contributed by atoms with Gasteiger partial charge in [0, 0.05) is 17.7 Å². The Hall–Kier alpha value is -1.97. The lowest BCUT2D eigenvalue weighted by Crippen LogP contribution is -2.03. The van der Waals surface area contributed by atoms with E-state index in [4.69, 9.17) is 0 Å². The number of benzene rings is 1. The van der Waals surface area contributed by atoms with Crippen LogP contribution in [0.15, 0.2) is 24.5 Å². The Balaban J connectivity index is 2.53. The monoisotopic (exact) mass is 245 g/mol. The van der Waals surface area contributed by atoms with Crippen LogP contribution in [-0.4, -0.2) is 16.5 Å². The van der Waals surface area contributed by atoms with Gasteiger partial charge in [-0.3, -0.25) is 0 Å². The maximum Gasteiger partial charge on any atom is 0.132 e. The van der Waals surface area contributed by atoms with E-state index < -0.39 is 0 Å². The summed E-state index contributed by atoms with van der Waals surface area (Å²) in [6.07, 6.45) is 1.50. The molecule has 1 aromatic heterocycles. The molecular formula is C14H16FN3. The van der Waals surface area contributed by atoms with E-state index in [0.29, 0.717) is 0 Å². The van der Waals surface area contributed by atoms with E-state index in [1.165, 1.54) is 18.5 Å². The predicted molar refractivity (Wildman–Crippen MR) is 71.1 cm³/mol. The minimum absolute atomic E-state index is 0.243. The smallest absolute Gasteiger partial charge is 0.132 e. The number of aryl methyl sites for hydroxylation is 1. The first-order valence-electron chi connectivity index (χ1n) is 5.95. The summed E-state index contributed by atoms with van der Waals surface area (Å²) in [6.45, 7) is 6.61. The maximum absolute atomic E-state index is 13.4. The minimum Gasteiger partial charge on any atom is -0.370 e. The van der Waals surface area contributed by atoms with Gasteiger partial charge in [-0.05, 0) is 44.5 Å². The summed E-state index contributed by atoms with van der Waals surface area (Å²) in [4.78, 5) is 8.44. The van der Waals surface area contributed by atoms with Crippen molar-refractivity contribution in [3.05, 3.63) is 41.5 Å². The van der Waals surface area contributed by atoms with Gasteiger partial charge >= 0.3 is 0 Å². The maximum atomic E-state index is 13.4. The van der Waals surface area contributed by atoms with E-state index in [-0.39, 0.29) is 5.82 Å². The third-order valence-corrected chi connectivity index (χ3v) is 2.74. The molecule has 0 spiro atoms. The fourth-order valence-electron chi connectivity index (χ4n) is 1.96. The highest BCUT2D eigenvalue weighted by Gasteiger charge is 2.09. The number of hydrogen-bond acceptors (Lipinski definition) is 3. The highest BCUT2D eigenvalue weighted by molar-refractivity contribution is 5.68. The van der Waals surface area contributed by atoms with Crippen LogP contribution in [0.3, 0.4) is 0 Å². The van der Waals surface area contributed by atoms with Crippen LogP contribution in [0.5, 0.6) is 0 Å². The van der Waals surface area contributed by atoms with Crippen LogP contribution in [0, 0.1) is 19.7 Å². The summed E-state index contributed by atoms with van der Waals surface area (Å²) in [7, 11) is 0. The second-order valence-electron chi connectivity index (χ2n) is 4.24. The summed E-state index contributed by atoms with van der Waals surface area (Å²) >= 11 is 0. The summed E-state index contributed by atoms with van der Waals surface area (Å²) in [5.74, 6) is 0.553. The molecule has 1 heterocycles. The lowest BCUT2D eigenvalue weighted by molar-refractivity contribution is 0.627. The van der Waals surface area contributed by atoms with E-state index in [0.717, 1.165) is 34.7 Å². The van der Waals surface area contributed by atoms with Crippen LogP contribution in [0.1, 0.15) is 18.1 Å². The molecule has 18 heavy (non-hydrogen) atoms. The molecule has 2 rings (SSSR count). The van der Waals surface area contributed by atoms with Crippen LogP contribution in [0.25, 0.3) is 11.3 Å². The molecule has 94 valence electrons. The zero-order valence-corrected chi connectivity index (χ0v) is 10.8. The van der Waals surface area contributed by atoms with Gasteiger partial charge in [-0.1, -0.05) is 0 Å². The third kappa shape index (κ3) is 2.47. The molecule has 0 saturated heterocycles. The van der Waals surface area contributed by atoms with Gasteiger partial charge in [0.1, 0.15) is 18.0 Å². The van der Waals surface area contributed by atoms with Crippen molar-refractivity contribution in [2.24, 2.45) is 0 Å². The molecule has 4 heteroatoms. The SMILES string of the molecule is CCNc1ncnc(-c2cc(C)cc(F)c2)c1C. The third-order valence-electron chi connectivity index (χ3n) is 2.74. The second-order valence-corrected chi connectivity index (χ2v) is 4.24. The second kappa shape index (κ2) is 5.12. The Morgan fingerprint density at radius 2 is 1.94 bits per heavy atom. The lowest BCUT2D eigenvalue weighted by Gasteiger charge is -2.10. The van der Waals surface area contributed by atoms with Crippen molar-refractivity contribution < 1.29 is 4.39 Å². The van der Waals surface area contributed by atoms with Gasteiger partial charge in [0.15, 0.2) is 0 Å². The van der Waals surface area contributed by atoms with Gasteiger partial charge in [-0.2, -0.15) is 0 Å². The van der Waals surface area contributed by atoms with Gasteiger partial charge in [0.05, 0.1) is 5.69 Å². The molecule has 2 aromatic rings. The predicted octanol–water partition coefficient (Wildman–Crippen LogP) is 3.33. The van der Waals surface area contributed by atoms with Crippen LogP contribution < -0.4 is 5.32 Å². The van der Waals surface area contributed by atoms with E-state index in [1.807, 2.05) is 26.8 Å². The van der Waals surface area contributed by atoms with Crippen LogP contribution in [0.4, 0.5) is 10.2 Å². The number of halogens is 1. The Morgan fingerprint density at radius 3 is 2.61 bits per heavy atom. The largest absolute Gasteiger partial charge is 0.370 e. The average Bonchev–Trinajstić information content (AvgIpc) is 2.31. The molecule has 0 amide bonds. The van der Waals surface area contributed by atoms with Crippen molar-refractivity contribution in [3.63, 3.8) is 0 Å². The molecular weight excluding hydrogens is 229 g/mol. The normalized spacial score (nSPS) is 10.4. The molecule has 0 aliphatic rings. The zero-order valence-electron chi connectivity index (χ0n) is 10.8. The van der Waals surface area contributed by atoms with E-state index in [2.05, 4.69) is 15.3 Å². The van der Waals surface area contributed by atoms with Crippen molar-refractivity contribution in [1.29, 1.82) is 0 Å². The van der Waals surface area contributed by atoms with Gasteiger partial charge in [0.2, 0.25) is 0 Å². The van der Waals surface area contributed by atoms with E-state index >= 15 is 0 Å². The van der Waals surface area contributed by atoms with Crippen LogP contribution in [-0.2, 0) is 0 Å². The summed E-state index contributed by atoms with van der Waals surface area (Å²) < 4.78 is 13.4. The Morgan fingerprint density at radius 1 is 1.17 bits per heavy atom. The molecule has 0 saturated carbocycles. The Bertz CT molecular complexity index is 547. The molecule has 1 aromatic carbocycles. The van der Waals surface area contributed by atoms with Gasteiger partial charge in [0.25, 0.3) is 0 Å². The number of nitrogens with zero attached hydrogens (tertiary/aromatic N) is 2. The molecule has 0 radical (unpaired) electrons. The molecule has 0 aliphatic carbocycles. The number of anilines is 1. The number of rotatable bonds is 3. The fraction of sp³-hybridized carbons (Fsp3) is 0.286. The van der Waals surface area contributed by atoms with Gasteiger partial charge in [-0.25, -0.2) is 14.4 Å². The van der Waals surface area contributed by atoms with Gasteiger partial charge < -0.3 is 5.32 Å². The first-order valence-corrected chi connectivity index (χ1v) is 5.95. The number of aromatic nitrogens is 2. The molecule has 0 unspecified atom stereocenters. The summed E-state index contributed by atoms with van der Waals surface area (Å²) in [5.41, 5.74) is 3.37. The Labute approximate surface area is 106 Å². The topological polar surface area (TPSA) is 37.8 Å². The molecule has 0 aliphatic heterocycles.